The van der Waals surface area contributed by atoms with Crippen LogP contribution in [0, 0.1) is 0 Å². The summed E-state index contributed by atoms with van der Waals surface area (Å²) in [7, 11) is 0. The summed E-state index contributed by atoms with van der Waals surface area (Å²) in [6.07, 6.45) is 0.205. The minimum absolute atomic E-state index is 0.0737. The SMILES string of the molecule is CCCCCC(Cc1ccc(-c2ccc(OC(F)(F)F)cc2)cc1)Nc1ccc(C(=O)NCCC(=O)O)cc1. The van der Waals surface area contributed by atoms with Crippen molar-refractivity contribution < 1.29 is 32.6 Å². The van der Waals surface area contributed by atoms with E-state index in [4.69, 9.17) is 5.11 Å². The van der Waals surface area contributed by atoms with Crippen molar-refractivity contribution in [2.75, 3.05) is 11.9 Å². The average Bonchev–Trinajstić information content (AvgIpc) is 2.89. The molecule has 0 radical (unpaired) electrons. The Balaban J connectivity index is 1.62. The molecule has 0 fully saturated rings. The molecule has 0 bridgehead atoms. The fourth-order valence-electron chi connectivity index (χ4n) is 4.17. The number of hydrogen-bond acceptors (Lipinski definition) is 4. The summed E-state index contributed by atoms with van der Waals surface area (Å²) in [5.41, 5.74) is 4.16. The van der Waals surface area contributed by atoms with Crippen molar-refractivity contribution in [1.82, 2.24) is 5.32 Å². The maximum absolute atomic E-state index is 12.4. The van der Waals surface area contributed by atoms with Crippen molar-refractivity contribution in [2.24, 2.45) is 0 Å². The second kappa shape index (κ2) is 14.2. The molecule has 0 aliphatic heterocycles. The quantitative estimate of drug-likeness (QED) is 0.190. The molecule has 3 rings (SSSR count). The van der Waals surface area contributed by atoms with Crippen LogP contribution in [0.2, 0.25) is 0 Å². The number of carboxylic acids is 1. The lowest BCUT2D eigenvalue weighted by molar-refractivity contribution is -0.274. The Morgan fingerprint density at radius 2 is 1.51 bits per heavy atom. The lowest BCUT2D eigenvalue weighted by Crippen LogP contribution is -2.26. The number of nitrogens with one attached hydrogen (secondary N) is 2. The highest BCUT2D eigenvalue weighted by molar-refractivity contribution is 5.94. The third kappa shape index (κ3) is 10.3. The van der Waals surface area contributed by atoms with Crippen LogP contribution in [0.5, 0.6) is 5.75 Å². The first-order valence-electron chi connectivity index (χ1n) is 12.9. The van der Waals surface area contributed by atoms with Gasteiger partial charge >= 0.3 is 12.3 Å². The van der Waals surface area contributed by atoms with Crippen LogP contribution in [0.4, 0.5) is 18.9 Å². The zero-order valence-corrected chi connectivity index (χ0v) is 21.8. The van der Waals surface area contributed by atoms with E-state index < -0.39 is 12.3 Å². The summed E-state index contributed by atoms with van der Waals surface area (Å²) in [4.78, 5) is 22.8. The number of aliphatic carboxylic acids is 1. The molecule has 1 unspecified atom stereocenters. The maximum Gasteiger partial charge on any atom is 0.573 e. The maximum atomic E-state index is 12.4. The van der Waals surface area contributed by atoms with Gasteiger partial charge in [-0.15, -0.1) is 13.2 Å². The highest BCUT2D eigenvalue weighted by Crippen LogP contribution is 2.27. The molecule has 0 saturated carbocycles. The zero-order valence-electron chi connectivity index (χ0n) is 21.8. The normalized spacial score (nSPS) is 12.0. The van der Waals surface area contributed by atoms with E-state index in [9.17, 15) is 22.8 Å². The molecule has 0 aliphatic rings. The smallest absolute Gasteiger partial charge is 0.481 e. The molecule has 0 heterocycles. The summed E-state index contributed by atoms with van der Waals surface area (Å²) in [5.74, 6) is -1.53. The van der Waals surface area contributed by atoms with Crippen molar-refractivity contribution in [2.45, 2.75) is 57.9 Å². The molecular weight excluding hydrogens is 509 g/mol. The number of benzene rings is 3. The van der Waals surface area contributed by atoms with Crippen LogP contribution in [0.15, 0.2) is 72.8 Å². The van der Waals surface area contributed by atoms with Crippen LogP contribution in [0.1, 0.15) is 54.9 Å². The number of halogens is 3. The number of rotatable bonds is 14. The molecule has 0 aromatic heterocycles. The van der Waals surface area contributed by atoms with Crippen molar-refractivity contribution >= 4 is 17.6 Å². The minimum atomic E-state index is -4.72. The van der Waals surface area contributed by atoms with E-state index in [0.29, 0.717) is 5.56 Å². The highest BCUT2D eigenvalue weighted by Gasteiger charge is 2.31. The van der Waals surface area contributed by atoms with Gasteiger partial charge in [-0.25, -0.2) is 0 Å². The topological polar surface area (TPSA) is 87.7 Å². The molecule has 0 aliphatic carbocycles. The highest BCUT2D eigenvalue weighted by atomic mass is 19.4. The van der Waals surface area contributed by atoms with Gasteiger partial charge in [-0.05, 0) is 65.9 Å². The van der Waals surface area contributed by atoms with Gasteiger partial charge in [0, 0.05) is 23.8 Å². The number of amides is 1. The number of alkyl halides is 3. The number of carbonyl (C=O) groups is 2. The fraction of sp³-hybridized carbons (Fsp3) is 0.333. The van der Waals surface area contributed by atoms with E-state index in [1.165, 1.54) is 12.1 Å². The van der Waals surface area contributed by atoms with E-state index in [-0.39, 0.29) is 30.7 Å². The Bertz CT molecular complexity index is 1190. The van der Waals surface area contributed by atoms with Crippen molar-refractivity contribution in [3.63, 3.8) is 0 Å². The van der Waals surface area contributed by atoms with Crippen LogP contribution in [-0.2, 0) is 11.2 Å². The predicted octanol–water partition coefficient (Wildman–Crippen LogP) is 7.06. The van der Waals surface area contributed by atoms with Gasteiger partial charge in [-0.3, -0.25) is 9.59 Å². The van der Waals surface area contributed by atoms with Gasteiger partial charge in [0.15, 0.2) is 0 Å². The molecule has 6 nitrogen and oxygen atoms in total. The second-order valence-electron chi connectivity index (χ2n) is 9.29. The Morgan fingerprint density at radius 3 is 2.08 bits per heavy atom. The monoisotopic (exact) mass is 542 g/mol. The Kier molecular flexibility index (Phi) is 10.8. The third-order valence-electron chi connectivity index (χ3n) is 6.16. The number of unbranched alkanes of at least 4 members (excludes halogenated alkanes) is 2. The first kappa shape index (κ1) is 29.5. The number of hydrogen-bond donors (Lipinski definition) is 3. The van der Waals surface area contributed by atoms with Crippen LogP contribution >= 0.6 is 0 Å². The van der Waals surface area contributed by atoms with Gasteiger partial charge in [0.05, 0.1) is 6.42 Å². The summed E-state index contributed by atoms with van der Waals surface area (Å²) < 4.78 is 41.1. The third-order valence-corrected chi connectivity index (χ3v) is 6.16. The summed E-state index contributed by atoms with van der Waals surface area (Å²) >= 11 is 0. The van der Waals surface area contributed by atoms with Gasteiger partial charge in [0.2, 0.25) is 0 Å². The van der Waals surface area contributed by atoms with Gasteiger partial charge in [0.25, 0.3) is 5.91 Å². The number of carbonyl (C=O) groups excluding carboxylic acids is 1. The lowest BCUT2D eigenvalue weighted by Gasteiger charge is -2.21. The fourth-order valence-corrected chi connectivity index (χ4v) is 4.17. The summed E-state index contributed by atoms with van der Waals surface area (Å²) in [5, 5.41) is 14.9. The number of carboxylic acid groups (broad SMARTS) is 1. The van der Waals surface area contributed by atoms with E-state index in [2.05, 4.69) is 22.3 Å². The van der Waals surface area contributed by atoms with E-state index in [0.717, 1.165) is 54.5 Å². The first-order chi connectivity index (χ1) is 18.6. The van der Waals surface area contributed by atoms with Crippen LogP contribution in [0.25, 0.3) is 11.1 Å². The van der Waals surface area contributed by atoms with E-state index >= 15 is 0 Å². The Morgan fingerprint density at radius 1 is 0.897 bits per heavy atom. The molecular formula is C30H33F3N2O4. The van der Waals surface area contributed by atoms with Gasteiger partial charge in [-0.1, -0.05) is 62.6 Å². The van der Waals surface area contributed by atoms with Crippen molar-refractivity contribution in [1.29, 1.82) is 0 Å². The molecule has 3 aromatic rings. The van der Waals surface area contributed by atoms with Crippen LogP contribution in [-0.4, -0.2) is 35.9 Å². The standard InChI is InChI=1S/C30H33F3N2O4/c1-2-3-4-5-26(35-25-14-10-24(11-15-25)29(38)34-19-18-28(36)37)20-21-6-8-22(9-7-21)23-12-16-27(17-13-23)39-30(31,32)33/h6-17,26,35H,2-5,18-20H2,1H3,(H,34,38)(H,36,37). The average molecular weight is 543 g/mol. The molecule has 3 aromatic carbocycles. The van der Waals surface area contributed by atoms with Crippen molar-refractivity contribution in [3.05, 3.63) is 83.9 Å². The molecule has 1 atom stereocenters. The molecule has 0 spiro atoms. The Labute approximate surface area is 226 Å². The zero-order chi connectivity index (χ0) is 28.3. The largest absolute Gasteiger partial charge is 0.573 e. The van der Waals surface area contributed by atoms with Crippen molar-refractivity contribution in [3.8, 4) is 16.9 Å². The molecule has 208 valence electrons. The molecule has 39 heavy (non-hydrogen) atoms. The predicted molar refractivity (Wildman–Crippen MR) is 145 cm³/mol. The first-order valence-corrected chi connectivity index (χ1v) is 12.9. The lowest BCUT2D eigenvalue weighted by atomic mass is 9.97. The van der Waals surface area contributed by atoms with Crippen LogP contribution in [0.3, 0.4) is 0 Å². The summed E-state index contributed by atoms with van der Waals surface area (Å²) in [6, 6.07) is 21.0. The Hall–Kier alpha value is -4.01. The summed E-state index contributed by atoms with van der Waals surface area (Å²) in [6.45, 7) is 2.23. The molecule has 1 amide bonds. The minimum Gasteiger partial charge on any atom is -0.481 e. The molecule has 9 heteroatoms. The van der Waals surface area contributed by atoms with Crippen LogP contribution < -0.4 is 15.4 Å². The number of ether oxygens (including phenoxy) is 1. The van der Waals surface area contributed by atoms with E-state index in [1.54, 1.807) is 24.3 Å². The second-order valence-corrected chi connectivity index (χ2v) is 9.29. The molecule has 0 saturated heterocycles. The molecule has 3 N–H and O–H groups in total. The van der Waals surface area contributed by atoms with Gasteiger partial charge < -0.3 is 20.5 Å². The van der Waals surface area contributed by atoms with E-state index in [1.807, 2.05) is 36.4 Å². The number of anilines is 1. The van der Waals surface area contributed by atoms with Gasteiger partial charge in [0.1, 0.15) is 5.75 Å². The van der Waals surface area contributed by atoms with Gasteiger partial charge in [-0.2, -0.15) is 0 Å².